The fraction of sp³-hybridized carbons (Fsp3) is 0.162. The van der Waals surface area contributed by atoms with Crippen LogP contribution in [-0.2, 0) is 16.2 Å². The highest BCUT2D eigenvalue weighted by molar-refractivity contribution is 7.33. The zero-order chi connectivity index (χ0) is 59.2. The second kappa shape index (κ2) is 18.5. The summed E-state index contributed by atoms with van der Waals surface area (Å²) >= 11 is 1.83. The molecule has 0 aliphatic carbocycles. The van der Waals surface area contributed by atoms with Gasteiger partial charge in [-0.05, 0) is 152 Å². The van der Waals surface area contributed by atoms with E-state index in [2.05, 4.69) is 253 Å². The van der Waals surface area contributed by atoms with Gasteiger partial charge in [0.1, 0.15) is 11.2 Å². The standard InChI is InChI=1S/C74H64BN3OS/c1-72(2,3)50-28-33-53(34-29-50)76(62-26-18-16-24-57(62)48-22-14-11-15-23-48)56-37-39-61-63(46-56)77(55-38-40-67-59(45-55)58-25-17-19-27-66(58)79-67)64-42-49(47-20-12-10-13-21-47)43-65-69(64)75(61)71-70(60-44-52(74(7,8)9)32-41-68(60)80-71)78(65)54-35-30-51(31-36-54)73(4,5)6/h10-46H,1-9H3/i10D,12D,13D,20D,21D. The van der Waals surface area contributed by atoms with E-state index in [-0.39, 0.29) is 52.7 Å². The molecular formula is C74H64BN3OS. The summed E-state index contributed by atoms with van der Waals surface area (Å²) < 4.78 is 55.0. The maximum absolute atomic E-state index is 9.61. The molecule has 0 spiro atoms. The van der Waals surface area contributed by atoms with Crippen molar-refractivity contribution < 1.29 is 11.3 Å². The Morgan fingerprint density at radius 1 is 0.463 bits per heavy atom. The predicted molar refractivity (Wildman–Crippen MR) is 345 cm³/mol. The van der Waals surface area contributed by atoms with Crippen LogP contribution in [0.2, 0.25) is 0 Å². The first-order valence-electron chi connectivity index (χ1n) is 30.3. The van der Waals surface area contributed by atoms with Gasteiger partial charge in [-0.2, -0.15) is 0 Å². The molecule has 80 heavy (non-hydrogen) atoms. The van der Waals surface area contributed by atoms with E-state index in [1.165, 1.54) is 21.5 Å². The predicted octanol–water partition coefficient (Wildman–Crippen LogP) is 19.6. The number of benzene rings is 10. The number of hydrogen-bond acceptors (Lipinski definition) is 5. The largest absolute Gasteiger partial charge is 0.456 e. The number of furan rings is 1. The molecule has 10 aromatic carbocycles. The van der Waals surface area contributed by atoms with Gasteiger partial charge in [-0.1, -0.05) is 196 Å². The van der Waals surface area contributed by atoms with Gasteiger partial charge in [-0.15, -0.1) is 11.3 Å². The molecule has 0 fully saturated rings. The minimum Gasteiger partial charge on any atom is -0.456 e. The molecule has 0 radical (unpaired) electrons. The monoisotopic (exact) mass is 1060 g/mol. The van der Waals surface area contributed by atoms with Crippen LogP contribution in [0.25, 0.3) is 54.3 Å². The molecule has 0 N–H and O–H groups in total. The van der Waals surface area contributed by atoms with Crippen molar-refractivity contribution in [2.45, 2.75) is 78.6 Å². The Labute approximate surface area is 482 Å². The molecule has 12 aromatic rings. The SMILES string of the molecule is [2H]c1c([2H])c([2H])c(-c2cc3c4c(c2)N(c2ccc(C(C)(C)C)cc2)c2c(sc5ccc(C(C)(C)C)cc25)B4c2ccc(N(c4ccc(C(C)(C)C)cc4)c4ccccc4-c4ccccc4)cc2N3c2ccc3oc4ccccc4c3c2)c([2H])c1[2H]. The summed E-state index contributed by atoms with van der Waals surface area (Å²) in [7, 11) is 0. The van der Waals surface area contributed by atoms with Gasteiger partial charge in [0, 0.05) is 71.0 Å². The van der Waals surface area contributed by atoms with E-state index >= 15 is 0 Å². The summed E-state index contributed by atoms with van der Waals surface area (Å²) in [5.74, 6) is 0. The topological polar surface area (TPSA) is 22.9 Å². The van der Waals surface area contributed by atoms with E-state index in [4.69, 9.17) is 8.53 Å². The lowest BCUT2D eigenvalue weighted by Gasteiger charge is -2.44. The zero-order valence-electron chi connectivity index (χ0n) is 51.7. The fourth-order valence-corrected chi connectivity index (χ4v) is 13.5. The summed E-state index contributed by atoms with van der Waals surface area (Å²) in [5.41, 5.74) is 18.4. The summed E-state index contributed by atoms with van der Waals surface area (Å²) in [6.07, 6.45) is 0. The number of nitrogens with zero attached hydrogens (tertiary/aromatic N) is 3. The average molecular weight is 1060 g/mol. The lowest BCUT2D eigenvalue weighted by Crippen LogP contribution is -2.60. The van der Waals surface area contributed by atoms with Crippen LogP contribution in [0, 0.1) is 0 Å². The van der Waals surface area contributed by atoms with Crippen molar-refractivity contribution in [2.75, 3.05) is 14.7 Å². The van der Waals surface area contributed by atoms with Gasteiger partial charge in [0.2, 0.25) is 0 Å². The van der Waals surface area contributed by atoms with Crippen molar-refractivity contribution in [1.82, 2.24) is 0 Å². The molecule has 4 heterocycles. The van der Waals surface area contributed by atoms with Crippen LogP contribution in [-0.4, -0.2) is 6.71 Å². The summed E-state index contributed by atoms with van der Waals surface area (Å²) in [6, 6.07) is 68.0. The summed E-state index contributed by atoms with van der Waals surface area (Å²) in [5, 5.41) is 3.09. The normalized spacial score (nSPS) is 14.1. The minimum atomic E-state index is -0.433. The van der Waals surface area contributed by atoms with Crippen LogP contribution in [0.4, 0.5) is 51.2 Å². The molecule has 2 aliphatic heterocycles. The van der Waals surface area contributed by atoms with E-state index in [9.17, 15) is 2.74 Å². The van der Waals surface area contributed by atoms with Crippen LogP contribution in [0.3, 0.4) is 0 Å². The highest BCUT2D eigenvalue weighted by Gasteiger charge is 2.46. The van der Waals surface area contributed by atoms with E-state index in [1.807, 2.05) is 29.5 Å². The van der Waals surface area contributed by atoms with Crippen LogP contribution in [0.15, 0.2) is 229 Å². The first kappa shape index (κ1) is 44.3. The summed E-state index contributed by atoms with van der Waals surface area (Å²) in [4.78, 5) is 7.14. The Kier molecular flexibility index (Phi) is 10.2. The molecule has 390 valence electrons. The highest BCUT2D eigenvalue weighted by atomic mass is 32.1. The molecular weight excluding hydrogens is 990 g/mol. The molecule has 0 saturated carbocycles. The molecule has 0 amide bonds. The average Bonchev–Trinajstić information content (AvgIpc) is 2.01. The van der Waals surface area contributed by atoms with Crippen LogP contribution >= 0.6 is 11.3 Å². The van der Waals surface area contributed by atoms with Crippen molar-refractivity contribution >= 4 is 117 Å². The van der Waals surface area contributed by atoms with Gasteiger partial charge >= 0.3 is 0 Å². The molecule has 4 nitrogen and oxygen atoms in total. The van der Waals surface area contributed by atoms with Crippen molar-refractivity contribution in [3.8, 4) is 22.3 Å². The molecule has 6 heteroatoms. The maximum atomic E-state index is 9.61. The number of rotatable bonds is 7. The third-order valence-electron chi connectivity index (χ3n) is 16.4. The van der Waals surface area contributed by atoms with Gasteiger partial charge in [-0.25, -0.2) is 0 Å². The fourth-order valence-electron chi connectivity index (χ4n) is 12.2. The molecule has 0 atom stereocenters. The first-order valence-corrected chi connectivity index (χ1v) is 28.6. The van der Waals surface area contributed by atoms with E-state index < -0.39 is 6.04 Å². The lowest BCUT2D eigenvalue weighted by atomic mass is 9.36. The molecule has 2 aromatic heterocycles. The Morgan fingerprint density at radius 3 is 1.80 bits per heavy atom. The second-order valence-electron chi connectivity index (χ2n) is 24.6. The first-order chi connectivity index (χ1) is 40.6. The highest BCUT2D eigenvalue weighted by Crippen LogP contribution is 2.52. The Balaban J connectivity index is 1.13. The number of thiophene rings is 1. The number of hydrogen-bond donors (Lipinski definition) is 0. The molecule has 2 aliphatic rings. The van der Waals surface area contributed by atoms with E-state index in [1.54, 1.807) is 0 Å². The lowest BCUT2D eigenvalue weighted by molar-refractivity contribution is 0.590. The molecule has 0 unspecified atom stereocenters. The Morgan fingerprint density at radius 2 is 1.07 bits per heavy atom. The molecule has 0 saturated heterocycles. The van der Waals surface area contributed by atoms with Crippen molar-refractivity contribution in [2.24, 2.45) is 0 Å². The van der Waals surface area contributed by atoms with Gasteiger partial charge in [0.05, 0.1) is 18.2 Å². The molecule has 0 bridgehead atoms. The Hall–Kier alpha value is -8.58. The van der Waals surface area contributed by atoms with Crippen LogP contribution < -0.4 is 30.4 Å². The van der Waals surface area contributed by atoms with Crippen LogP contribution in [0.1, 0.15) is 85.9 Å². The smallest absolute Gasteiger partial charge is 0.264 e. The molecule has 14 rings (SSSR count). The van der Waals surface area contributed by atoms with Crippen LogP contribution in [0.5, 0.6) is 0 Å². The number of fused-ring (bicyclic) bond motifs is 9. The van der Waals surface area contributed by atoms with Gasteiger partial charge in [-0.3, -0.25) is 0 Å². The quantitative estimate of drug-likeness (QED) is 0.148. The third-order valence-corrected chi connectivity index (χ3v) is 17.6. The van der Waals surface area contributed by atoms with Gasteiger partial charge in [0.15, 0.2) is 0 Å². The minimum absolute atomic E-state index is 0.0650. The maximum Gasteiger partial charge on any atom is 0.264 e. The van der Waals surface area contributed by atoms with Crippen molar-refractivity contribution in [3.63, 3.8) is 0 Å². The van der Waals surface area contributed by atoms with Gasteiger partial charge in [0.25, 0.3) is 6.71 Å². The van der Waals surface area contributed by atoms with Crippen molar-refractivity contribution in [1.29, 1.82) is 0 Å². The van der Waals surface area contributed by atoms with E-state index in [0.29, 0.717) is 5.56 Å². The zero-order valence-corrected chi connectivity index (χ0v) is 47.5. The van der Waals surface area contributed by atoms with Crippen molar-refractivity contribution in [3.05, 3.63) is 241 Å². The Bertz CT molecular complexity index is 4660. The third kappa shape index (κ3) is 8.26. The number of anilines is 9. The van der Waals surface area contributed by atoms with E-state index in [0.717, 1.165) is 105 Å². The number of para-hydroxylation sites is 2. The summed E-state index contributed by atoms with van der Waals surface area (Å²) in [6.45, 7) is 19.9. The van der Waals surface area contributed by atoms with Gasteiger partial charge < -0.3 is 19.1 Å². The second-order valence-corrected chi connectivity index (χ2v) is 25.7.